The Balaban J connectivity index is 1.90. The Labute approximate surface area is 146 Å². The summed E-state index contributed by atoms with van der Waals surface area (Å²) in [4.78, 5) is 16.7. The summed E-state index contributed by atoms with van der Waals surface area (Å²) in [7, 11) is 1.82. The number of carbonyl (C=O) groups excluding carboxylic acids is 1. The quantitative estimate of drug-likeness (QED) is 0.706. The molecule has 3 aromatic rings. The molecule has 0 aliphatic carbocycles. The zero-order valence-corrected chi connectivity index (χ0v) is 14.0. The normalized spacial score (nSPS) is 11.8. The van der Waals surface area contributed by atoms with Crippen LogP contribution in [0.5, 0.6) is 0 Å². The molecule has 0 aliphatic rings. The van der Waals surface area contributed by atoms with Crippen molar-refractivity contribution in [1.82, 2.24) is 9.55 Å². The predicted octanol–water partition coefficient (Wildman–Crippen LogP) is 4.81. The van der Waals surface area contributed by atoms with Gasteiger partial charge < -0.3 is 9.88 Å². The van der Waals surface area contributed by atoms with Crippen LogP contribution in [0.25, 0.3) is 11.0 Å². The van der Waals surface area contributed by atoms with E-state index in [-0.39, 0.29) is 16.3 Å². The van der Waals surface area contributed by atoms with Crippen LogP contribution in [0.4, 0.5) is 18.9 Å². The fourth-order valence-corrected chi connectivity index (χ4v) is 2.98. The highest BCUT2D eigenvalue weighted by Gasteiger charge is 2.30. The summed E-state index contributed by atoms with van der Waals surface area (Å²) in [6, 6.07) is 4.18. The third kappa shape index (κ3) is 3.19. The fraction of sp³-hybridized carbons (Fsp3) is 0.176. The maximum Gasteiger partial charge on any atom is 0.416 e. The molecule has 1 aromatic carbocycles. The van der Waals surface area contributed by atoms with Crippen molar-refractivity contribution in [3.8, 4) is 0 Å². The number of hydrogen-bond acceptors (Lipinski definition) is 2. The number of aryl methyl sites for hydroxylation is 2. The summed E-state index contributed by atoms with van der Waals surface area (Å²) in [5.74, 6) is -0.539. The number of nitrogens with zero attached hydrogens (tertiary/aromatic N) is 2. The van der Waals surface area contributed by atoms with Crippen LogP contribution >= 0.6 is 11.6 Å². The van der Waals surface area contributed by atoms with E-state index in [0.29, 0.717) is 11.0 Å². The first-order chi connectivity index (χ1) is 11.7. The molecule has 3 rings (SSSR count). The predicted molar refractivity (Wildman–Crippen MR) is 89.9 cm³/mol. The molecule has 25 heavy (non-hydrogen) atoms. The van der Waals surface area contributed by atoms with Crippen molar-refractivity contribution in [2.75, 3.05) is 5.32 Å². The van der Waals surface area contributed by atoms with Gasteiger partial charge in [0, 0.05) is 30.5 Å². The lowest BCUT2D eigenvalue weighted by molar-refractivity contribution is -0.137. The van der Waals surface area contributed by atoms with Crippen molar-refractivity contribution in [3.05, 3.63) is 58.4 Å². The first-order valence-electron chi connectivity index (χ1n) is 7.27. The molecular weight excluding hydrogens is 355 g/mol. The number of benzene rings is 1. The van der Waals surface area contributed by atoms with Crippen LogP contribution in [0.3, 0.4) is 0 Å². The van der Waals surface area contributed by atoms with Gasteiger partial charge in [0.2, 0.25) is 0 Å². The van der Waals surface area contributed by atoms with Gasteiger partial charge in [0.1, 0.15) is 5.65 Å². The van der Waals surface area contributed by atoms with E-state index in [1.54, 1.807) is 4.57 Å². The van der Waals surface area contributed by atoms with Gasteiger partial charge in [0.05, 0.1) is 16.1 Å². The van der Waals surface area contributed by atoms with Crippen molar-refractivity contribution < 1.29 is 18.0 Å². The van der Waals surface area contributed by atoms with E-state index in [1.807, 2.05) is 20.2 Å². The zero-order chi connectivity index (χ0) is 18.4. The van der Waals surface area contributed by atoms with Crippen molar-refractivity contribution in [2.24, 2.45) is 7.05 Å². The van der Waals surface area contributed by atoms with Crippen LogP contribution in [-0.2, 0) is 13.2 Å². The molecule has 2 heterocycles. The minimum absolute atomic E-state index is 0.156. The highest BCUT2D eigenvalue weighted by atomic mass is 35.5. The molecule has 0 aliphatic heterocycles. The topological polar surface area (TPSA) is 46.9 Å². The van der Waals surface area contributed by atoms with E-state index >= 15 is 0 Å². The molecule has 4 nitrogen and oxygen atoms in total. The minimum Gasteiger partial charge on any atom is -0.335 e. The van der Waals surface area contributed by atoms with Gasteiger partial charge in [0.15, 0.2) is 0 Å². The van der Waals surface area contributed by atoms with Gasteiger partial charge in [-0.2, -0.15) is 13.2 Å². The van der Waals surface area contributed by atoms with Gasteiger partial charge >= 0.3 is 6.18 Å². The van der Waals surface area contributed by atoms with Gasteiger partial charge in [-0.3, -0.25) is 4.79 Å². The highest BCUT2D eigenvalue weighted by molar-refractivity contribution is 6.39. The largest absolute Gasteiger partial charge is 0.416 e. The lowest BCUT2D eigenvalue weighted by Gasteiger charge is -2.10. The molecule has 0 atom stereocenters. The number of anilines is 1. The third-order valence-electron chi connectivity index (χ3n) is 3.83. The highest BCUT2D eigenvalue weighted by Crippen LogP contribution is 2.31. The van der Waals surface area contributed by atoms with Crippen molar-refractivity contribution in [1.29, 1.82) is 0 Å². The van der Waals surface area contributed by atoms with E-state index < -0.39 is 17.6 Å². The molecule has 130 valence electrons. The van der Waals surface area contributed by atoms with Gasteiger partial charge in [-0.15, -0.1) is 0 Å². The van der Waals surface area contributed by atoms with E-state index in [2.05, 4.69) is 10.3 Å². The smallest absolute Gasteiger partial charge is 0.335 e. The number of nitrogens with one attached hydrogen (secondary N) is 1. The molecule has 0 saturated carbocycles. The Kier molecular flexibility index (Phi) is 4.20. The molecule has 0 bridgehead atoms. The molecule has 0 spiro atoms. The molecule has 0 fully saturated rings. The maximum atomic E-state index is 12.6. The maximum absolute atomic E-state index is 12.6. The Morgan fingerprint density at radius 1 is 1.24 bits per heavy atom. The summed E-state index contributed by atoms with van der Waals surface area (Å²) >= 11 is 6.34. The van der Waals surface area contributed by atoms with E-state index in [4.69, 9.17) is 11.6 Å². The SMILES string of the molecule is Cc1cn(C)c2ncc(C(=O)Nc3ccc(C(F)(F)F)cc3)c(Cl)c12. The van der Waals surface area contributed by atoms with Crippen molar-refractivity contribution >= 4 is 34.2 Å². The molecule has 0 saturated heterocycles. The van der Waals surface area contributed by atoms with Crippen LogP contribution in [0, 0.1) is 6.92 Å². The second kappa shape index (κ2) is 6.07. The first-order valence-corrected chi connectivity index (χ1v) is 7.65. The van der Waals surface area contributed by atoms with E-state index in [1.165, 1.54) is 18.3 Å². The molecule has 0 unspecified atom stereocenters. The second-order valence-corrected chi connectivity index (χ2v) is 6.01. The second-order valence-electron chi connectivity index (χ2n) is 5.64. The lowest BCUT2D eigenvalue weighted by Crippen LogP contribution is -2.13. The number of hydrogen-bond donors (Lipinski definition) is 1. The fourth-order valence-electron chi connectivity index (χ4n) is 2.61. The number of alkyl halides is 3. The molecule has 2 aromatic heterocycles. The Morgan fingerprint density at radius 2 is 1.88 bits per heavy atom. The minimum atomic E-state index is -4.42. The molecule has 0 radical (unpaired) electrons. The van der Waals surface area contributed by atoms with E-state index in [0.717, 1.165) is 17.7 Å². The number of fused-ring (bicyclic) bond motifs is 1. The number of rotatable bonds is 2. The van der Waals surface area contributed by atoms with Crippen molar-refractivity contribution in [3.63, 3.8) is 0 Å². The number of aromatic nitrogens is 2. The third-order valence-corrected chi connectivity index (χ3v) is 4.22. The zero-order valence-electron chi connectivity index (χ0n) is 13.3. The molecular formula is C17H13ClF3N3O. The Bertz CT molecular complexity index is 962. The van der Waals surface area contributed by atoms with Gasteiger partial charge in [-0.25, -0.2) is 4.98 Å². The number of amides is 1. The van der Waals surface area contributed by atoms with Crippen LogP contribution in [0.1, 0.15) is 21.5 Å². The average Bonchev–Trinajstić information content (AvgIpc) is 2.82. The van der Waals surface area contributed by atoms with Crippen LogP contribution in [0.2, 0.25) is 5.02 Å². The van der Waals surface area contributed by atoms with Gasteiger partial charge in [-0.05, 0) is 36.8 Å². The lowest BCUT2D eigenvalue weighted by atomic mass is 10.1. The summed E-state index contributed by atoms with van der Waals surface area (Å²) in [6.45, 7) is 1.85. The molecule has 1 amide bonds. The van der Waals surface area contributed by atoms with Gasteiger partial charge in [0.25, 0.3) is 5.91 Å². The number of carbonyl (C=O) groups is 1. The summed E-state index contributed by atoms with van der Waals surface area (Å²) in [5.41, 5.74) is 1.13. The van der Waals surface area contributed by atoms with Crippen LogP contribution < -0.4 is 5.32 Å². The van der Waals surface area contributed by atoms with Gasteiger partial charge in [-0.1, -0.05) is 11.6 Å². The van der Waals surface area contributed by atoms with Crippen LogP contribution in [-0.4, -0.2) is 15.5 Å². The van der Waals surface area contributed by atoms with Crippen LogP contribution in [0.15, 0.2) is 36.7 Å². The standard InChI is InChI=1S/C17H13ClF3N3O/c1-9-8-24(2)15-13(9)14(18)12(7-22-15)16(25)23-11-5-3-10(4-6-11)17(19,20)21/h3-8H,1-2H3,(H,23,25). The summed E-state index contributed by atoms with van der Waals surface area (Å²) < 4.78 is 39.5. The molecule has 1 N–H and O–H groups in total. The monoisotopic (exact) mass is 367 g/mol. The summed E-state index contributed by atoms with van der Waals surface area (Å²) in [5, 5.41) is 3.46. The Hall–Kier alpha value is -2.54. The van der Waals surface area contributed by atoms with E-state index in [9.17, 15) is 18.0 Å². The molecule has 8 heteroatoms. The number of halogens is 4. The average molecular weight is 368 g/mol. The summed E-state index contributed by atoms with van der Waals surface area (Å²) in [6.07, 6.45) is -1.23. The van der Waals surface area contributed by atoms with Crippen molar-refractivity contribution in [2.45, 2.75) is 13.1 Å². The first kappa shape index (κ1) is 17.3. The number of pyridine rings is 1. The Morgan fingerprint density at radius 3 is 2.48 bits per heavy atom.